The zero-order valence-corrected chi connectivity index (χ0v) is 11.1. The van der Waals surface area contributed by atoms with Gasteiger partial charge in [-0.25, -0.2) is 0 Å². The largest absolute Gasteiger partial charge is 0.264 e. The Balaban J connectivity index is 3.31. The van der Waals surface area contributed by atoms with E-state index in [1.165, 1.54) is 11.3 Å². The Hall–Kier alpha value is -0.790. The van der Waals surface area contributed by atoms with Crippen molar-refractivity contribution in [2.45, 2.75) is 65.8 Å². The minimum absolute atomic E-state index is 0.0761. The number of aromatic nitrogens is 2. The van der Waals surface area contributed by atoms with Gasteiger partial charge >= 0.3 is 0 Å². The summed E-state index contributed by atoms with van der Waals surface area (Å²) in [4.78, 5) is 0. The van der Waals surface area contributed by atoms with Gasteiger partial charge in [-0.15, -0.1) is 0 Å². The molecule has 0 aromatic carbocycles. The fourth-order valence-corrected chi connectivity index (χ4v) is 1.93. The molecule has 0 amide bonds. The van der Waals surface area contributed by atoms with Gasteiger partial charge in [-0.05, 0) is 38.2 Å². The topological polar surface area (TPSA) is 17.8 Å². The van der Waals surface area contributed by atoms with Gasteiger partial charge in [-0.2, -0.15) is 5.10 Å². The molecule has 0 unspecified atom stereocenters. The van der Waals surface area contributed by atoms with Crippen LogP contribution in [-0.4, -0.2) is 9.78 Å². The van der Waals surface area contributed by atoms with Crippen LogP contribution in [0.1, 0.15) is 71.6 Å². The summed E-state index contributed by atoms with van der Waals surface area (Å²) in [5.74, 6) is 1.09. The standard InChI is InChI=1S/C13H24N2/c1-9(2)11-8-14-15(13(5,6)7)12(11)10(3)4/h8-10H,1-7H3. The van der Waals surface area contributed by atoms with E-state index in [1.54, 1.807) is 0 Å². The molecule has 0 aliphatic heterocycles. The van der Waals surface area contributed by atoms with Crippen LogP contribution in [0.2, 0.25) is 0 Å². The second kappa shape index (κ2) is 3.99. The summed E-state index contributed by atoms with van der Waals surface area (Å²) in [5.41, 5.74) is 2.85. The fourth-order valence-electron chi connectivity index (χ4n) is 1.93. The lowest BCUT2D eigenvalue weighted by atomic mass is 9.96. The summed E-state index contributed by atoms with van der Waals surface area (Å²) < 4.78 is 2.17. The molecule has 1 aromatic rings. The number of nitrogens with zero attached hydrogens (tertiary/aromatic N) is 2. The van der Waals surface area contributed by atoms with Gasteiger partial charge in [0.05, 0.1) is 11.7 Å². The second-order valence-electron chi connectivity index (χ2n) is 5.88. The van der Waals surface area contributed by atoms with E-state index in [4.69, 9.17) is 0 Å². The normalized spacial score (nSPS) is 12.9. The van der Waals surface area contributed by atoms with Crippen LogP contribution >= 0.6 is 0 Å². The van der Waals surface area contributed by atoms with Crippen molar-refractivity contribution < 1.29 is 0 Å². The minimum Gasteiger partial charge on any atom is -0.264 e. The smallest absolute Gasteiger partial charge is 0.0546 e. The Morgan fingerprint density at radius 2 is 1.60 bits per heavy atom. The molecule has 0 N–H and O–H groups in total. The lowest BCUT2D eigenvalue weighted by Gasteiger charge is -2.25. The molecule has 0 saturated heterocycles. The first-order valence-electron chi connectivity index (χ1n) is 5.83. The Morgan fingerprint density at radius 1 is 1.07 bits per heavy atom. The minimum atomic E-state index is 0.0761. The van der Waals surface area contributed by atoms with Gasteiger partial charge in [0.25, 0.3) is 0 Å². The molecule has 1 aromatic heterocycles. The van der Waals surface area contributed by atoms with Crippen molar-refractivity contribution in [3.63, 3.8) is 0 Å². The van der Waals surface area contributed by atoms with E-state index in [0.29, 0.717) is 11.8 Å². The molecular weight excluding hydrogens is 184 g/mol. The molecule has 15 heavy (non-hydrogen) atoms. The number of hydrogen-bond donors (Lipinski definition) is 0. The molecule has 0 aliphatic carbocycles. The zero-order chi connectivity index (χ0) is 11.8. The van der Waals surface area contributed by atoms with Crippen LogP contribution in [0.5, 0.6) is 0 Å². The molecule has 2 heteroatoms. The lowest BCUT2D eigenvalue weighted by molar-refractivity contribution is 0.338. The van der Waals surface area contributed by atoms with Crippen molar-refractivity contribution in [2.24, 2.45) is 0 Å². The summed E-state index contributed by atoms with van der Waals surface area (Å²) in [5, 5.41) is 4.55. The van der Waals surface area contributed by atoms with Gasteiger partial charge in [-0.3, -0.25) is 4.68 Å². The quantitative estimate of drug-likeness (QED) is 0.721. The monoisotopic (exact) mass is 208 g/mol. The molecule has 2 nitrogen and oxygen atoms in total. The van der Waals surface area contributed by atoms with Crippen LogP contribution in [0, 0.1) is 0 Å². The fraction of sp³-hybridized carbons (Fsp3) is 0.769. The molecule has 86 valence electrons. The highest BCUT2D eigenvalue weighted by Crippen LogP contribution is 2.29. The molecule has 1 rings (SSSR count). The number of hydrogen-bond acceptors (Lipinski definition) is 1. The SMILES string of the molecule is CC(C)c1cnn(C(C)(C)C)c1C(C)C. The third kappa shape index (κ3) is 2.42. The highest BCUT2D eigenvalue weighted by Gasteiger charge is 2.23. The van der Waals surface area contributed by atoms with Crippen molar-refractivity contribution >= 4 is 0 Å². The lowest BCUT2D eigenvalue weighted by Crippen LogP contribution is -2.26. The average Bonchev–Trinajstić information content (AvgIpc) is 2.45. The molecule has 0 saturated carbocycles. The van der Waals surface area contributed by atoms with E-state index in [-0.39, 0.29) is 5.54 Å². The van der Waals surface area contributed by atoms with Crippen molar-refractivity contribution in [3.8, 4) is 0 Å². The van der Waals surface area contributed by atoms with Gasteiger partial charge in [-0.1, -0.05) is 27.7 Å². The van der Waals surface area contributed by atoms with Crippen LogP contribution in [0.3, 0.4) is 0 Å². The maximum absolute atomic E-state index is 4.55. The maximum Gasteiger partial charge on any atom is 0.0546 e. The van der Waals surface area contributed by atoms with Crippen molar-refractivity contribution in [1.29, 1.82) is 0 Å². The second-order valence-corrected chi connectivity index (χ2v) is 5.88. The Morgan fingerprint density at radius 3 is 1.93 bits per heavy atom. The molecule has 0 spiro atoms. The van der Waals surface area contributed by atoms with E-state index in [9.17, 15) is 0 Å². The van der Waals surface area contributed by atoms with Crippen LogP contribution in [0.4, 0.5) is 0 Å². The first-order chi connectivity index (χ1) is 6.75. The first-order valence-corrected chi connectivity index (χ1v) is 5.83. The summed E-state index contributed by atoms with van der Waals surface area (Å²) >= 11 is 0. The van der Waals surface area contributed by atoms with Gasteiger partial charge in [0.1, 0.15) is 0 Å². The van der Waals surface area contributed by atoms with Crippen molar-refractivity contribution in [3.05, 3.63) is 17.5 Å². The van der Waals surface area contributed by atoms with E-state index in [2.05, 4.69) is 58.2 Å². The maximum atomic E-state index is 4.55. The van der Waals surface area contributed by atoms with Gasteiger partial charge in [0, 0.05) is 5.69 Å². The van der Waals surface area contributed by atoms with Gasteiger partial charge < -0.3 is 0 Å². The molecule has 0 radical (unpaired) electrons. The Kier molecular flexibility index (Phi) is 3.27. The van der Waals surface area contributed by atoms with Gasteiger partial charge in [0.15, 0.2) is 0 Å². The average molecular weight is 208 g/mol. The Labute approximate surface area is 93.7 Å². The molecule has 0 aliphatic rings. The molecule has 0 bridgehead atoms. The molecule has 0 atom stereocenters. The predicted octanol–water partition coefficient (Wildman–Crippen LogP) is 3.88. The summed E-state index contributed by atoms with van der Waals surface area (Å²) in [6.45, 7) is 15.6. The zero-order valence-electron chi connectivity index (χ0n) is 11.1. The molecular formula is C13H24N2. The van der Waals surface area contributed by atoms with E-state index in [0.717, 1.165) is 0 Å². The molecule has 0 fully saturated rings. The third-order valence-corrected chi connectivity index (χ3v) is 2.64. The molecule has 1 heterocycles. The predicted molar refractivity (Wildman–Crippen MR) is 65.4 cm³/mol. The van der Waals surface area contributed by atoms with Gasteiger partial charge in [0.2, 0.25) is 0 Å². The van der Waals surface area contributed by atoms with Crippen LogP contribution in [0.15, 0.2) is 6.20 Å². The summed E-state index contributed by atoms with van der Waals surface area (Å²) in [7, 11) is 0. The van der Waals surface area contributed by atoms with E-state index in [1.807, 2.05) is 6.20 Å². The van der Waals surface area contributed by atoms with E-state index >= 15 is 0 Å². The number of rotatable bonds is 2. The highest BCUT2D eigenvalue weighted by molar-refractivity contribution is 5.25. The highest BCUT2D eigenvalue weighted by atomic mass is 15.3. The van der Waals surface area contributed by atoms with Crippen LogP contribution in [-0.2, 0) is 5.54 Å². The summed E-state index contributed by atoms with van der Waals surface area (Å²) in [6.07, 6.45) is 2.03. The van der Waals surface area contributed by atoms with Crippen LogP contribution < -0.4 is 0 Å². The van der Waals surface area contributed by atoms with Crippen molar-refractivity contribution in [2.75, 3.05) is 0 Å². The third-order valence-electron chi connectivity index (χ3n) is 2.64. The van der Waals surface area contributed by atoms with Crippen LogP contribution in [0.25, 0.3) is 0 Å². The first kappa shape index (κ1) is 12.3. The van der Waals surface area contributed by atoms with E-state index < -0.39 is 0 Å². The Bertz CT molecular complexity index is 327. The van der Waals surface area contributed by atoms with Crippen molar-refractivity contribution in [1.82, 2.24) is 9.78 Å². The summed E-state index contributed by atoms with van der Waals surface area (Å²) in [6, 6.07) is 0.